The average molecular weight is 478 g/mol. The lowest BCUT2D eigenvalue weighted by Crippen LogP contribution is -2.70. The smallest absolute Gasteiger partial charge is 0.352 e. The number of aliphatic carboxylic acids is 1. The van der Waals surface area contributed by atoms with E-state index in [1.807, 2.05) is 18.2 Å². The van der Waals surface area contributed by atoms with Crippen LogP contribution < -0.4 is 20.5 Å². The van der Waals surface area contributed by atoms with Gasteiger partial charge < -0.3 is 30.4 Å². The molecule has 1 aromatic carbocycles. The number of esters is 1. The molecule has 3 aliphatic heterocycles. The maximum absolute atomic E-state index is 12.7. The van der Waals surface area contributed by atoms with E-state index in [9.17, 15) is 19.5 Å². The van der Waals surface area contributed by atoms with Crippen LogP contribution in [0.3, 0.4) is 0 Å². The average Bonchev–Trinajstić information content (AvgIpc) is 3.26. The summed E-state index contributed by atoms with van der Waals surface area (Å²) in [4.78, 5) is 36.8. The van der Waals surface area contributed by atoms with Crippen molar-refractivity contribution in [2.24, 2.45) is 5.73 Å². The minimum Gasteiger partial charge on any atom is -0.477 e. The van der Waals surface area contributed by atoms with Crippen molar-refractivity contribution in [1.29, 1.82) is 0 Å². The van der Waals surface area contributed by atoms with Gasteiger partial charge in [0.05, 0.1) is 0 Å². The van der Waals surface area contributed by atoms with E-state index < -0.39 is 18.0 Å². The van der Waals surface area contributed by atoms with Crippen molar-refractivity contribution in [1.82, 2.24) is 10.2 Å². The van der Waals surface area contributed by atoms with Gasteiger partial charge in [0, 0.05) is 30.8 Å². The fourth-order valence-electron chi connectivity index (χ4n) is 4.16. The standard InChI is InChI=1S/C22H27N3O7S/c1-12(26)30-9-14-10-33-21-17(20(27)25(21)18(14)22(28)29)24-8-15(23)6-2-4-13-5-3-7-16-19(13)32-11-31-16/h3,5,7,15,17,21,24H,2,4,6,8-11,23H2,1H3,(H,28,29)/t15?,17-,21-/m1/s1. The summed E-state index contributed by atoms with van der Waals surface area (Å²) in [6.07, 6.45) is 2.43. The zero-order valence-electron chi connectivity index (χ0n) is 18.2. The van der Waals surface area contributed by atoms with Gasteiger partial charge >= 0.3 is 11.9 Å². The predicted octanol–water partition coefficient (Wildman–Crippen LogP) is 0.840. The molecule has 0 radical (unpaired) electrons. The lowest BCUT2D eigenvalue weighted by atomic mass is 10.0. The summed E-state index contributed by atoms with van der Waals surface area (Å²) in [5.41, 5.74) is 7.68. The number of thioether (sulfide) groups is 1. The van der Waals surface area contributed by atoms with Crippen molar-refractivity contribution in [2.45, 2.75) is 43.6 Å². The number of nitrogens with zero attached hydrogens (tertiary/aromatic N) is 1. The normalized spacial score (nSPS) is 22.0. The highest BCUT2D eigenvalue weighted by Gasteiger charge is 2.53. The summed E-state index contributed by atoms with van der Waals surface area (Å²) in [6.45, 7) is 1.81. The molecule has 0 bridgehead atoms. The Balaban J connectivity index is 1.26. The first-order valence-corrected chi connectivity index (χ1v) is 11.8. The zero-order chi connectivity index (χ0) is 23.5. The summed E-state index contributed by atoms with van der Waals surface area (Å²) < 4.78 is 15.9. The largest absolute Gasteiger partial charge is 0.477 e. The van der Waals surface area contributed by atoms with Gasteiger partial charge in [-0.2, -0.15) is 0 Å². The fourth-order valence-corrected chi connectivity index (χ4v) is 5.52. The third kappa shape index (κ3) is 4.94. The highest BCUT2D eigenvalue weighted by atomic mass is 32.2. The Bertz CT molecular complexity index is 983. The van der Waals surface area contributed by atoms with Crippen LogP contribution in [0.5, 0.6) is 11.5 Å². The Morgan fingerprint density at radius 3 is 2.97 bits per heavy atom. The first-order valence-electron chi connectivity index (χ1n) is 10.8. The molecule has 33 heavy (non-hydrogen) atoms. The van der Waals surface area contributed by atoms with Gasteiger partial charge in [-0.3, -0.25) is 14.5 Å². The summed E-state index contributed by atoms with van der Waals surface area (Å²) in [6, 6.07) is 5.20. The third-order valence-corrected chi connectivity index (χ3v) is 7.14. The summed E-state index contributed by atoms with van der Waals surface area (Å²) in [5.74, 6) is -0.0700. The molecule has 3 heterocycles. The lowest BCUT2D eigenvalue weighted by Gasteiger charge is -2.49. The Labute approximate surface area is 195 Å². The molecule has 1 amide bonds. The fraction of sp³-hybridized carbons (Fsp3) is 0.500. The first kappa shape index (κ1) is 23.4. The Morgan fingerprint density at radius 1 is 1.39 bits per heavy atom. The molecule has 1 saturated heterocycles. The Hall–Kier alpha value is -2.76. The minimum atomic E-state index is -1.20. The van der Waals surface area contributed by atoms with E-state index in [1.165, 1.54) is 23.6 Å². The second-order valence-corrected chi connectivity index (χ2v) is 9.24. The van der Waals surface area contributed by atoms with Crippen LogP contribution in [0.4, 0.5) is 0 Å². The number of ether oxygens (including phenoxy) is 3. The number of β-lactam (4-membered cyclic amide) rings is 1. The van der Waals surface area contributed by atoms with Gasteiger partial charge in [0.15, 0.2) is 11.5 Å². The number of rotatable bonds is 10. The van der Waals surface area contributed by atoms with Gasteiger partial charge in [-0.1, -0.05) is 12.1 Å². The van der Waals surface area contributed by atoms with Gasteiger partial charge in [-0.25, -0.2) is 4.79 Å². The number of hydrogen-bond acceptors (Lipinski definition) is 9. The maximum atomic E-state index is 12.7. The lowest BCUT2D eigenvalue weighted by molar-refractivity contribution is -0.149. The highest BCUT2D eigenvalue weighted by molar-refractivity contribution is 8.00. The van der Waals surface area contributed by atoms with Crippen LogP contribution in [-0.2, 0) is 25.5 Å². The zero-order valence-corrected chi connectivity index (χ0v) is 19.1. The van der Waals surface area contributed by atoms with Gasteiger partial charge in [0.2, 0.25) is 12.7 Å². The highest BCUT2D eigenvalue weighted by Crippen LogP contribution is 2.40. The number of fused-ring (bicyclic) bond motifs is 2. The van der Waals surface area contributed by atoms with Crippen molar-refractivity contribution in [2.75, 3.05) is 25.7 Å². The SMILES string of the molecule is CC(=O)OCC1=C(C(=O)O)N2C(=O)[C@@H](NCC(N)CCCc3cccc4c3OCO4)[C@H]2SC1. The van der Waals surface area contributed by atoms with Crippen LogP contribution in [0.15, 0.2) is 29.5 Å². The number of nitrogens with one attached hydrogen (secondary N) is 1. The number of carboxylic acid groups (broad SMARTS) is 1. The number of hydrogen-bond donors (Lipinski definition) is 3. The third-order valence-electron chi connectivity index (χ3n) is 5.80. The molecule has 178 valence electrons. The molecule has 1 fully saturated rings. The number of para-hydroxylation sites is 1. The van der Waals surface area contributed by atoms with Crippen LogP contribution in [0, 0.1) is 0 Å². The molecule has 10 nitrogen and oxygen atoms in total. The summed E-state index contributed by atoms with van der Waals surface area (Å²) in [5, 5.41) is 12.5. The van der Waals surface area contributed by atoms with Crippen LogP contribution in [0.1, 0.15) is 25.3 Å². The molecule has 1 aromatic rings. The number of amides is 1. The quantitative estimate of drug-likeness (QED) is 0.328. The van der Waals surface area contributed by atoms with E-state index in [-0.39, 0.29) is 36.4 Å². The van der Waals surface area contributed by atoms with Crippen LogP contribution in [0.2, 0.25) is 0 Å². The van der Waals surface area contributed by atoms with Gasteiger partial charge in [0.25, 0.3) is 0 Å². The van der Waals surface area contributed by atoms with Crippen LogP contribution in [0.25, 0.3) is 0 Å². The van der Waals surface area contributed by atoms with Gasteiger partial charge in [-0.05, 0) is 30.9 Å². The molecule has 1 unspecified atom stereocenters. The molecule has 11 heteroatoms. The number of benzene rings is 1. The van der Waals surface area contributed by atoms with Crippen molar-refractivity contribution in [3.63, 3.8) is 0 Å². The van der Waals surface area contributed by atoms with E-state index in [0.29, 0.717) is 17.9 Å². The van der Waals surface area contributed by atoms with E-state index in [1.54, 1.807) is 0 Å². The molecular formula is C22H27N3O7S. The van der Waals surface area contributed by atoms with E-state index in [4.69, 9.17) is 19.9 Å². The molecule has 0 saturated carbocycles. The first-order chi connectivity index (χ1) is 15.9. The molecule has 0 aliphatic carbocycles. The second kappa shape index (κ2) is 10.0. The van der Waals surface area contributed by atoms with Crippen LogP contribution in [-0.4, -0.2) is 71.0 Å². The summed E-state index contributed by atoms with van der Waals surface area (Å²) >= 11 is 1.45. The van der Waals surface area contributed by atoms with Gasteiger partial charge in [0.1, 0.15) is 23.7 Å². The van der Waals surface area contributed by atoms with Crippen LogP contribution >= 0.6 is 11.8 Å². The van der Waals surface area contributed by atoms with Crippen molar-refractivity contribution < 1.29 is 33.7 Å². The Kier molecular flexibility index (Phi) is 7.11. The topological polar surface area (TPSA) is 140 Å². The maximum Gasteiger partial charge on any atom is 0.352 e. The van der Waals surface area contributed by atoms with E-state index >= 15 is 0 Å². The number of carbonyl (C=O) groups is 3. The van der Waals surface area contributed by atoms with Crippen molar-refractivity contribution >= 4 is 29.6 Å². The van der Waals surface area contributed by atoms with Gasteiger partial charge in [-0.15, -0.1) is 11.8 Å². The van der Waals surface area contributed by atoms with Crippen molar-refractivity contribution in [3.8, 4) is 11.5 Å². The molecule has 4 N–H and O–H groups in total. The predicted molar refractivity (Wildman–Crippen MR) is 120 cm³/mol. The second-order valence-electron chi connectivity index (χ2n) is 8.14. The molecule has 0 aromatic heterocycles. The molecule has 4 rings (SSSR count). The monoisotopic (exact) mass is 477 g/mol. The molecule has 3 atom stereocenters. The van der Waals surface area contributed by atoms with E-state index in [2.05, 4.69) is 5.32 Å². The van der Waals surface area contributed by atoms with E-state index in [0.717, 1.165) is 36.3 Å². The molecule has 0 spiro atoms. The number of carboxylic acids is 1. The van der Waals surface area contributed by atoms with Crippen molar-refractivity contribution in [3.05, 3.63) is 35.0 Å². The molecule has 3 aliphatic rings. The number of nitrogens with two attached hydrogens (primary N) is 1. The minimum absolute atomic E-state index is 0.0889. The number of aryl methyl sites for hydroxylation is 1. The number of carbonyl (C=O) groups excluding carboxylic acids is 2. The summed E-state index contributed by atoms with van der Waals surface area (Å²) in [7, 11) is 0. The molecular weight excluding hydrogens is 450 g/mol. The Morgan fingerprint density at radius 2 is 2.21 bits per heavy atom.